The molecule has 148 valence electrons. The number of carbonyl (C=O) groups is 1. The Morgan fingerprint density at radius 3 is 2.96 bits per heavy atom. The lowest BCUT2D eigenvalue weighted by Crippen LogP contribution is -2.24. The van der Waals surface area contributed by atoms with Crippen LogP contribution in [-0.2, 0) is 26.6 Å². The first-order chi connectivity index (χ1) is 13.5. The molecule has 2 aliphatic rings. The molecular formula is C24H28O4. The van der Waals surface area contributed by atoms with Crippen molar-refractivity contribution in [3.63, 3.8) is 0 Å². The quantitative estimate of drug-likeness (QED) is 0.210. The molecule has 1 aromatic rings. The van der Waals surface area contributed by atoms with E-state index in [1.807, 2.05) is 49.4 Å². The fourth-order valence-corrected chi connectivity index (χ4v) is 3.64. The third-order valence-corrected chi connectivity index (χ3v) is 5.18. The first kappa shape index (κ1) is 20.5. The van der Waals surface area contributed by atoms with Gasteiger partial charge in [-0.15, -0.1) is 0 Å². The van der Waals surface area contributed by atoms with Gasteiger partial charge < -0.3 is 0 Å². The lowest BCUT2D eigenvalue weighted by atomic mass is 9.72. The summed E-state index contributed by atoms with van der Waals surface area (Å²) in [6.07, 6.45) is 15.9. The van der Waals surface area contributed by atoms with Gasteiger partial charge in [0, 0.05) is 5.56 Å². The van der Waals surface area contributed by atoms with Gasteiger partial charge in [-0.05, 0) is 72.6 Å². The summed E-state index contributed by atoms with van der Waals surface area (Å²) < 4.78 is 0. The van der Waals surface area contributed by atoms with Gasteiger partial charge in [0.1, 0.15) is 6.10 Å². The van der Waals surface area contributed by atoms with Crippen LogP contribution in [0.5, 0.6) is 0 Å². The van der Waals surface area contributed by atoms with Gasteiger partial charge in [-0.2, -0.15) is 4.89 Å². The second kappa shape index (κ2) is 9.28. The number of allylic oxidation sites excluding steroid dienone is 6. The minimum Gasteiger partial charge on any atom is -0.289 e. The molecule has 0 radical (unpaired) electrons. The molecule has 0 aliphatic heterocycles. The van der Waals surface area contributed by atoms with E-state index in [1.165, 1.54) is 24.0 Å². The number of benzene rings is 1. The first-order valence-electron chi connectivity index (χ1n) is 9.87. The van der Waals surface area contributed by atoms with Crippen molar-refractivity contribution in [3.05, 3.63) is 83.0 Å². The van der Waals surface area contributed by atoms with Gasteiger partial charge >= 0.3 is 0 Å². The summed E-state index contributed by atoms with van der Waals surface area (Å²) in [6, 6.07) is 6.14. The summed E-state index contributed by atoms with van der Waals surface area (Å²) in [5, 5.41) is 4.63. The van der Waals surface area contributed by atoms with Crippen molar-refractivity contribution in [2.75, 3.05) is 6.61 Å². The van der Waals surface area contributed by atoms with E-state index in [4.69, 9.17) is 9.78 Å². The zero-order chi connectivity index (χ0) is 20.0. The zero-order valence-electron chi connectivity index (χ0n) is 16.8. The maximum absolute atomic E-state index is 12.6. The summed E-state index contributed by atoms with van der Waals surface area (Å²) in [7, 11) is 0. The van der Waals surface area contributed by atoms with E-state index >= 15 is 0 Å². The minimum atomic E-state index is -0.339. The van der Waals surface area contributed by atoms with Crippen molar-refractivity contribution in [3.8, 4) is 0 Å². The SMILES string of the molecule is CCOOOC1C=CC=C(/C=C/C(=O)c2ccc3c(c2)CCCC3(C)C)C=C1. The van der Waals surface area contributed by atoms with Crippen LogP contribution >= 0.6 is 0 Å². The molecule has 0 fully saturated rings. The number of hydrogen-bond acceptors (Lipinski definition) is 4. The topological polar surface area (TPSA) is 44.8 Å². The summed E-state index contributed by atoms with van der Waals surface area (Å²) in [4.78, 5) is 22.5. The predicted octanol–water partition coefficient (Wildman–Crippen LogP) is 5.36. The highest BCUT2D eigenvalue weighted by atomic mass is 17.5. The second-order valence-electron chi connectivity index (χ2n) is 7.75. The second-order valence-corrected chi connectivity index (χ2v) is 7.75. The van der Waals surface area contributed by atoms with Crippen LogP contribution in [0.3, 0.4) is 0 Å². The normalized spacial score (nSPS) is 20.7. The number of aryl methyl sites for hydroxylation is 1. The standard InChI is InChI=1S/C24H28O4/c1-4-26-28-27-21-9-5-7-18(10-13-21)11-15-23(25)20-12-14-22-19(17-20)8-6-16-24(22,2)3/h5,7,9-15,17,21H,4,6,8,16H2,1-3H3/b15-11+. The van der Waals surface area contributed by atoms with Crippen molar-refractivity contribution in [1.29, 1.82) is 0 Å². The smallest absolute Gasteiger partial charge is 0.185 e. The minimum absolute atomic E-state index is 0.0150. The summed E-state index contributed by atoms with van der Waals surface area (Å²) in [5.74, 6) is 0.0150. The molecule has 0 saturated heterocycles. The number of fused-ring (bicyclic) bond motifs is 1. The molecule has 1 atom stereocenters. The maximum atomic E-state index is 12.6. The Bertz CT molecular complexity index is 827. The van der Waals surface area contributed by atoms with Crippen molar-refractivity contribution < 1.29 is 19.6 Å². The molecule has 1 aromatic carbocycles. The van der Waals surface area contributed by atoms with Gasteiger partial charge in [0.05, 0.1) is 6.61 Å². The maximum Gasteiger partial charge on any atom is 0.185 e. The Balaban J connectivity index is 1.65. The molecule has 0 heterocycles. The molecule has 0 spiro atoms. The third-order valence-electron chi connectivity index (χ3n) is 5.18. The fourth-order valence-electron chi connectivity index (χ4n) is 3.64. The molecule has 0 bridgehead atoms. The van der Waals surface area contributed by atoms with Crippen LogP contribution in [0.2, 0.25) is 0 Å². The van der Waals surface area contributed by atoms with Crippen LogP contribution in [0, 0.1) is 0 Å². The van der Waals surface area contributed by atoms with Crippen LogP contribution in [0.25, 0.3) is 0 Å². The Kier molecular flexibility index (Phi) is 6.79. The summed E-state index contributed by atoms with van der Waals surface area (Å²) in [5.41, 5.74) is 4.53. The Hall–Kier alpha value is -2.27. The van der Waals surface area contributed by atoms with Crippen molar-refractivity contribution in [2.24, 2.45) is 0 Å². The van der Waals surface area contributed by atoms with E-state index in [2.05, 4.69) is 31.0 Å². The molecule has 28 heavy (non-hydrogen) atoms. The molecular weight excluding hydrogens is 352 g/mol. The van der Waals surface area contributed by atoms with Gasteiger partial charge in [0.15, 0.2) is 5.78 Å². The van der Waals surface area contributed by atoms with Crippen LogP contribution < -0.4 is 0 Å². The fraction of sp³-hybridized carbons (Fsp3) is 0.375. The van der Waals surface area contributed by atoms with E-state index in [0.717, 1.165) is 17.6 Å². The molecule has 0 saturated carbocycles. The molecule has 2 aliphatic carbocycles. The van der Waals surface area contributed by atoms with Crippen LogP contribution in [-0.4, -0.2) is 18.5 Å². The van der Waals surface area contributed by atoms with Gasteiger partial charge in [0.2, 0.25) is 0 Å². The van der Waals surface area contributed by atoms with Gasteiger partial charge in [-0.25, -0.2) is 4.89 Å². The van der Waals surface area contributed by atoms with Crippen LogP contribution in [0.15, 0.2) is 66.3 Å². The van der Waals surface area contributed by atoms with Gasteiger partial charge in [-0.3, -0.25) is 4.79 Å². The molecule has 0 amide bonds. The highest BCUT2D eigenvalue weighted by Gasteiger charge is 2.27. The average molecular weight is 380 g/mol. The van der Waals surface area contributed by atoms with E-state index in [9.17, 15) is 4.79 Å². The highest BCUT2D eigenvalue weighted by Crippen LogP contribution is 2.37. The lowest BCUT2D eigenvalue weighted by Gasteiger charge is -2.32. The van der Waals surface area contributed by atoms with E-state index in [1.54, 1.807) is 6.08 Å². The summed E-state index contributed by atoms with van der Waals surface area (Å²) in [6.45, 7) is 6.78. The monoisotopic (exact) mass is 380 g/mol. The van der Waals surface area contributed by atoms with E-state index in [0.29, 0.717) is 6.61 Å². The average Bonchev–Trinajstić information content (AvgIpc) is 2.91. The number of rotatable bonds is 7. The molecule has 0 aromatic heterocycles. The number of hydrogen-bond donors (Lipinski definition) is 0. The van der Waals surface area contributed by atoms with Crippen molar-refractivity contribution >= 4 is 5.78 Å². The molecule has 4 heteroatoms. The Morgan fingerprint density at radius 1 is 1.29 bits per heavy atom. The number of ketones is 1. The molecule has 4 nitrogen and oxygen atoms in total. The molecule has 1 unspecified atom stereocenters. The van der Waals surface area contributed by atoms with Crippen molar-refractivity contribution in [1.82, 2.24) is 0 Å². The highest BCUT2D eigenvalue weighted by molar-refractivity contribution is 6.05. The van der Waals surface area contributed by atoms with Gasteiger partial charge in [-0.1, -0.05) is 55.3 Å². The van der Waals surface area contributed by atoms with Gasteiger partial charge in [0.25, 0.3) is 0 Å². The molecule has 0 N–H and O–H groups in total. The molecule has 3 rings (SSSR count). The van der Waals surface area contributed by atoms with Crippen LogP contribution in [0.1, 0.15) is 55.1 Å². The zero-order valence-corrected chi connectivity index (χ0v) is 16.8. The Labute approximate surface area is 167 Å². The largest absolute Gasteiger partial charge is 0.289 e. The van der Waals surface area contributed by atoms with E-state index in [-0.39, 0.29) is 17.3 Å². The lowest BCUT2D eigenvalue weighted by molar-refractivity contribution is -0.516. The third kappa shape index (κ3) is 5.16. The van der Waals surface area contributed by atoms with E-state index < -0.39 is 0 Å². The predicted molar refractivity (Wildman–Crippen MR) is 110 cm³/mol. The number of carbonyl (C=O) groups excluding carboxylic acids is 1. The van der Waals surface area contributed by atoms with Crippen LogP contribution in [0.4, 0.5) is 0 Å². The summed E-state index contributed by atoms with van der Waals surface area (Å²) >= 11 is 0. The first-order valence-corrected chi connectivity index (χ1v) is 9.87. The Morgan fingerprint density at radius 2 is 2.14 bits per heavy atom. The van der Waals surface area contributed by atoms with Crippen molar-refractivity contribution in [2.45, 2.75) is 51.6 Å².